The first kappa shape index (κ1) is 31.2. The second-order valence-electron chi connectivity index (χ2n) is 9.42. The molecule has 0 aliphatic heterocycles. The van der Waals surface area contributed by atoms with E-state index in [9.17, 15) is 24.5 Å². The molecular weight excluding hydrogens is 632 g/mol. The number of non-ortho nitro benzene ring substituents is 1. The molecule has 4 rings (SSSR count). The molecule has 0 spiro atoms. The lowest BCUT2D eigenvalue weighted by Crippen LogP contribution is -2.30. The molecule has 9 nitrogen and oxygen atoms in total. The lowest BCUT2D eigenvalue weighted by atomic mass is 10.1. The van der Waals surface area contributed by atoms with Gasteiger partial charge in [0.15, 0.2) is 0 Å². The molecule has 0 radical (unpaired) electrons. The summed E-state index contributed by atoms with van der Waals surface area (Å²) in [6.45, 7) is 3.43. The van der Waals surface area contributed by atoms with Crippen molar-refractivity contribution in [3.8, 4) is 0 Å². The topological polar surface area (TPSA) is 130 Å². The highest BCUT2D eigenvalue weighted by Crippen LogP contribution is 2.28. The van der Waals surface area contributed by atoms with Crippen LogP contribution in [0.5, 0.6) is 0 Å². The summed E-state index contributed by atoms with van der Waals surface area (Å²) < 4.78 is 0.821. The van der Waals surface area contributed by atoms with Gasteiger partial charge in [-0.3, -0.25) is 24.5 Å². The van der Waals surface area contributed by atoms with Crippen molar-refractivity contribution in [3.63, 3.8) is 0 Å². The van der Waals surface area contributed by atoms with Gasteiger partial charge in [-0.05, 0) is 79.6 Å². The first-order chi connectivity index (χ1) is 20.6. The predicted octanol–water partition coefficient (Wildman–Crippen LogP) is 7.19. The number of hydrogen-bond acceptors (Lipinski definition) is 6. The third-order valence-electron chi connectivity index (χ3n) is 6.14. The lowest BCUT2D eigenvalue weighted by Gasteiger charge is -2.15. The van der Waals surface area contributed by atoms with E-state index >= 15 is 0 Å². The van der Waals surface area contributed by atoms with Gasteiger partial charge in [0.2, 0.25) is 5.91 Å². The third kappa shape index (κ3) is 8.87. The molecule has 3 N–H and O–H groups in total. The van der Waals surface area contributed by atoms with E-state index in [1.54, 1.807) is 68.5 Å². The summed E-state index contributed by atoms with van der Waals surface area (Å²) in [5.41, 5.74) is 2.66. The summed E-state index contributed by atoms with van der Waals surface area (Å²) >= 11 is 4.71. The fourth-order valence-electron chi connectivity index (χ4n) is 3.94. The number of anilines is 2. The lowest BCUT2D eigenvalue weighted by molar-refractivity contribution is -0.384. The number of benzene rings is 4. The molecule has 0 saturated carbocycles. The second-order valence-corrected chi connectivity index (χ2v) is 11.8. The van der Waals surface area contributed by atoms with Crippen LogP contribution in [-0.4, -0.2) is 27.9 Å². The maximum atomic E-state index is 13.4. The first-order valence-electron chi connectivity index (χ1n) is 13.1. The summed E-state index contributed by atoms with van der Waals surface area (Å²) in [7, 11) is 0. The largest absolute Gasteiger partial charge is 0.325 e. The zero-order valence-electron chi connectivity index (χ0n) is 23.2. The van der Waals surface area contributed by atoms with Gasteiger partial charge in [0.05, 0.1) is 10.2 Å². The van der Waals surface area contributed by atoms with Crippen LogP contribution < -0.4 is 16.0 Å². The summed E-state index contributed by atoms with van der Waals surface area (Å²) in [5, 5.41) is 18.8. The van der Waals surface area contributed by atoms with E-state index in [0.717, 1.165) is 9.37 Å². The monoisotopic (exact) mass is 658 g/mol. The summed E-state index contributed by atoms with van der Waals surface area (Å²) in [6, 6.07) is 27.2. The molecule has 0 heterocycles. The van der Waals surface area contributed by atoms with E-state index < -0.39 is 22.0 Å². The number of nitrogens with zero attached hydrogens (tertiary/aromatic N) is 1. The summed E-state index contributed by atoms with van der Waals surface area (Å²) in [5.74, 6) is -1.23. The van der Waals surface area contributed by atoms with Gasteiger partial charge in [-0.2, -0.15) is 0 Å². The number of nitrogens with one attached hydrogen (secondary N) is 3. The van der Waals surface area contributed by atoms with Gasteiger partial charge < -0.3 is 16.0 Å². The fourth-order valence-corrected chi connectivity index (χ4v) is 5.29. The highest BCUT2D eigenvalue weighted by molar-refractivity contribution is 9.10. The molecule has 1 unspecified atom stereocenters. The maximum absolute atomic E-state index is 13.4. The number of carbonyl (C=O) groups is 3. The van der Waals surface area contributed by atoms with Crippen LogP contribution in [0.15, 0.2) is 112 Å². The minimum Gasteiger partial charge on any atom is -0.325 e. The summed E-state index contributed by atoms with van der Waals surface area (Å²) in [6.07, 6.45) is 1.59. The smallest absolute Gasteiger partial charge is 0.272 e. The Kier molecular flexibility index (Phi) is 10.5. The van der Waals surface area contributed by atoms with Crippen LogP contribution in [0.1, 0.15) is 28.4 Å². The molecule has 4 aromatic carbocycles. The van der Waals surface area contributed by atoms with Crippen LogP contribution in [0.25, 0.3) is 6.08 Å². The Morgan fingerprint density at radius 1 is 0.907 bits per heavy atom. The number of nitro benzene ring substituents is 1. The van der Waals surface area contributed by atoms with E-state index in [2.05, 4.69) is 31.9 Å². The maximum Gasteiger partial charge on any atom is 0.272 e. The van der Waals surface area contributed by atoms with Gasteiger partial charge in [0, 0.05) is 38.4 Å². The molecule has 218 valence electrons. The average Bonchev–Trinajstić information content (AvgIpc) is 2.98. The van der Waals surface area contributed by atoms with Crippen molar-refractivity contribution in [1.82, 2.24) is 5.32 Å². The molecule has 4 aromatic rings. The standard InChI is InChI=1S/C32H27BrN4O5S/c1-20-16-26(37(41)42)14-15-28(20)35-30(38)21(2)43-27-13-7-12-25(19-27)34-32(40)29(18-22-8-6-11-24(33)17-22)36-31(39)23-9-4-3-5-10-23/h3-19,21H,1-2H3,(H,34,40)(H,35,38)(H,36,39)/b29-18+. The Labute approximate surface area is 261 Å². The summed E-state index contributed by atoms with van der Waals surface area (Å²) in [4.78, 5) is 50.4. The van der Waals surface area contributed by atoms with Crippen molar-refractivity contribution >= 4 is 68.6 Å². The molecule has 0 saturated heterocycles. The zero-order valence-corrected chi connectivity index (χ0v) is 25.6. The van der Waals surface area contributed by atoms with Gasteiger partial charge in [0.1, 0.15) is 5.70 Å². The Morgan fingerprint density at radius 2 is 1.65 bits per heavy atom. The number of aryl methyl sites for hydroxylation is 1. The number of nitro groups is 1. The SMILES string of the molecule is Cc1cc([N+](=O)[O-])ccc1NC(=O)C(C)Sc1cccc(NC(=O)/C(=C\c2cccc(Br)c2)NC(=O)c2ccccc2)c1. The number of carbonyl (C=O) groups excluding carboxylic acids is 3. The molecule has 3 amide bonds. The van der Waals surface area contributed by atoms with Crippen LogP contribution in [-0.2, 0) is 9.59 Å². The van der Waals surface area contributed by atoms with Crippen LogP contribution in [0.2, 0.25) is 0 Å². The third-order valence-corrected chi connectivity index (χ3v) is 7.73. The first-order valence-corrected chi connectivity index (χ1v) is 14.7. The number of rotatable bonds is 10. The molecule has 0 bridgehead atoms. The number of amides is 3. The van der Waals surface area contributed by atoms with E-state index in [4.69, 9.17) is 0 Å². The van der Waals surface area contributed by atoms with Crippen molar-refractivity contribution < 1.29 is 19.3 Å². The molecule has 0 fully saturated rings. The number of halogens is 1. The minimum atomic E-state index is -0.522. The normalized spacial score (nSPS) is 11.7. The Balaban J connectivity index is 1.47. The quantitative estimate of drug-likeness (QED) is 0.0715. The Morgan fingerprint density at radius 3 is 2.35 bits per heavy atom. The van der Waals surface area contributed by atoms with Gasteiger partial charge in [-0.1, -0.05) is 52.3 Å². The van der Waals surface area contributed by atoms with Crippen molar-refractivity contribution in [3.05, 3.63) is 134 Å². The van der Waals surface area contributed by atoms with E-state index in [-0.39, 0.29) is 17.3 Å². The molecule has 1 atom stereocenters. The number of hydrogen-bond donors (Lipinski definition) is 3. The van der Waals surface area contributed by atoms with Gasteiger partial charge in [0.25, 0.3) is 17.5 Å². The Bertz CT molecular complexity index is 1710. The molecule has 11 heteroatoms. The van der Waals surface area contributed by atoms with Gasteiger partial charge in [-0.25, -0.2) is 0 Å². The van der Waals surface area contributed by atoms with E-state index in [1.165, 1.54) is 30.0 Å². The molecule has 0 aliphatic carbocycles. The zero-order chi connectivity index (χ0) is 30.9. The molecule has 0 aliphatic rings. The number of thioether (sulfide) groups is 1. The van der Waals surface area contributed by atoms with Crippen molar-refractivity contribution in [2.24, 2.45) is 0 Å². The molecule has 43 heavy (non-hydrogen) atoms. The Hall–Kier alpha value is -4.74. The van der Waals surface area contributed by atoms with Crippen LogP contribution >= 0.6 is 27.7 Å². The molecule has 0 aromatic heterocycles. The average molecular weight is 660 g/mol. The van der Waals surface area contributed by atoms with Crippen LogP contribution in [0.3, 0.4) is 0 Å². The predicted molar refractivity (Wildman–Crippen MR) is 173 cm³/mol. The highest BCUT2D eigenvalue weighted by atomic mass is 79.9. The van der Waals surface area contributed by atoms with Crippen molar-refractivity contribution in [2.75, 3.05) is 10.6 Å². The van der Waals surface area contributed by atoms with Gasteiger partial charge in [-0.15, -0.1) is 11.8 Å². The van der Waals surface area contributed by atoms with E-state index in [0.29, 0.717) is 28.1 Å². The van der Waals surface area contributed by atoms with Crippen LogP contribution in [0.4, 0.5) is 17.1 Å². The van der Waals surface area contributed by atoms with Crippen molar-refractivity contribution in [2.45, 2.75) is 24.0 Å². The van der Waals surface area contributed by atoms with Crippen molar-refractivity contribution in [1.29, 1.82) is 0 Å². The fraction of sp³-hybridized carbons (Fsp3) is 0.0938. The molecular formula is C32H27BrN4O5S. The second kappa shape index (κ2) is 14.4. The van der Waals surface area contributed by atoms with Crippen LogP contribution in [0, 0.1) is 17.0 Å². The van der Waals surface area contributed by atoms with E-state index in [1.807, 2.05) is 30.3 Å². The minimum absolute atomic E-state index is 0.0499. The van der Waals surface area contributed by atoms with Gasteiger partial charge >= 0.3 is 0 Å². The highest BCUT2D eigenvalue weighted by Gasteiger charge is 2.18.